The maximum absolute atomic E-state index is 8.97. The molecule has 0 amide bonds. The Morgan fingerprint density at radius 1 is 1.25 bits per heavy atom. The molecule has 0 spiro atoms. The van der Waals surface area contributed by atoms with E-state index < -0.39 is 0 Å². The molecule has 5 heteroatoms. The van der Waals surface area contributed by atoms with E-state index in [0.717, 1.165) is 0 Å². The Labute approximate surface area is 91.4 Å². The van der Waals surface area contributed by atoms with Gasteiger partial charge in [0, 0.05) is 18.0 Å². The highest BCUT2D eigenvalue weighted by Crippen LogP contribution is 2.31. The molecular weight excluding hydrogens is 204 g/mol. The van der Waals surface area contributed by atoms with Crippen LogP contribution in [0.1, 0.15) is 11.1 Å². The number of pyridine rings is 1. The minimum absolute atomic E-state index is 0.0436. The Kier molecular flexibility index (Phi) is 2.29. The maximum Gasteiger partial charge on any atom is 0.210 e. The fourth-order valence-corrected chi connectivity index (χ4v) is 1.37. The Morgan fingerprint density at radius 3 is 2.56 bits per heavy atom. The van der Waals surface area contributed by atoms with Crippen LogP contribution in [-0.4, -0.2) is 4.98 Å². The van der Waals surface area contributed by atoms with E-state index in [2.05, 4.69) is 4.98 Å². The monoisotopic (exact) mass is 210 g/mol. The number of nitrogens with two attached hydrogens (primary N) is 1. The molecule has 0 unspecified atom stereocenters. The van der Waals surface area contributed by atoms with Crippen molar-refractivity contribution in [2.75, 3.05) is 5.73 Å². The van der Waals surface area contributed by atoms with E-state index in [0.29, 0.717) is 5.56 Å². The van der Waals surface area contributed by atoms with Gasteiger partial charge in [0.2, 0.25) is 5.88 Å². The first-order valence-electron chi connectivity index (χ1n) is 4.40. The first-order valence-corrected chi connectivity index (χ1v) is 4.40. The van der Waals surface area contributed by atoms with E-state index in [1.807, 2.05) is 12.1 Å². The van der Waals surface area contributed by atoms with E-state index in [9.17, 15) is 0 Å². The van der Waals surface area contributed by atoms with Crippen molar-refractivity contribution in [3.8, 4) is 23.5 Å². The van der Waals surface area contributed by atoms with Crippen molar-refractivity contribution in [2.24, 2.45) is 0 Å². The number of hydrogen-bond donors (Lipinski definition) is 1. The van der Waals surface area contributed by atoms with E-state index in [1.54, 1.807) is 24.5 Å². The molecule has 0 atom stereocenters. The van der Waals surface area contributed by atoms with Crippen LogP contribution in [0.5, 0.6) is 0 Å². The van der Waals surface area contributed by atoms with E-state index in [4.69, 9.17) is 20.7 Å². The molecule has 16 heavy (non-hydrogen) atoms. The van der Waals surface area contributed by atoms with Gasteiger partial charge in [-0.25, -0.2) is 0 Å². The average molecular weight is 210 g/mol. The molecule has 2 rings (SSSR count). The van der Waals surface area contributed by atoms with Gasteiger partial charge in [-0.2, -0.15) is 10.5 Å². The summed E-state index contributed by atoms with van der Waals surface area (Å²) in [5.41, 5.74) is 6.34. The highest BCUT2D eigenvalue weighted by molar-refractivity contribution is 5.73. The second-order valence-corrected chi connectivity index (χ2v) is 3.01. The number of nitriles is 2. The SMILES string of the molecule is N#Cc1c(N)oc(-c2cccnc2)c1C#N. The van der Waals surface area contributed by atoms with Crippen molar-refractivity contribution in [1.29, 1.82) is 10.5 Å². The van der Waals surface area contributed by atoms with Gasteiger partial charge in [0.05, 0.1) is 0 Å². The predicted molar refractivity (Wildman–Crippen MR) is 55.8 cm³/mol. The molecule has 0 bridgehead atoms. The Hall–Kier alpha value is -2.79. The molecule has 2 N–H and O–H groups in total. The van der Waals surface area contributed by atoms with Crippen LogP contribution in [0.4, 0.5) is 5.88 Å². The minimum Gasteiger partial charge on any atom is -0.438 e. The normalized spacial score (nSPS) is 9.38. The van der Waals surface area contributed by atoms with E-state index in [-0.39, 0.29) is 22.8 Å². The minimum atomic E-state index is -0.0436. The molecule has 2 aromatic heterocycles. The maximum atomic E-state index is 8.97. The first-order chi connectivity index (χ1) is 7.77. The molecule has 2 heterocycles. The second kappa shape index (κ2) is 3.76. The summed E-state index contributed by atoms with van der Waals surface area (Å²) in [6, 6.07) is 7.19. The number of nitrogen functional groups attached to an aromatic ring is 1. The van der Waals surface area contributed by atoms with Gasteiger partial charge in [0.1, 0.15) is 23.3 Å². The lowest BCUT2D eigenvalue weighted by molar-refractivity contribution is 0.601. The summed E-state index contributed by atoms with van der Waals surface area (Å²) in [4.78, 5) is 3.91. The number of rotatable bonds is 1. The summed E-state index contributed by atoms with van der Waals surface area (Å²) in [6.07, 6.45) is 3.15. The summed E-state index contributed by atoms with van der Waals surface area (Å²) in [5.74, 6) is 0.238. The van der Waals surface area contributed by atoms with Crippen LogP contribution in [-0.2, 0) is 0 Å². The Balaban J connectivity index is 2.70. The summed E-state index contributed by atoms with van der Waals surface area (Å²) in [5, 5.41) is 17.8. The molecule has 76 valence electrons. The predicted octanol–water partition coefficient (Wildman–Crippen LogP) is 1.67. The molecule has 0 aromatic carbocycles. The largest absolute Gasteiger partial charge is 0.438 e. The zero-order valence-corrected chi connectivity index (χ0v) is 8.14. The second-order valence-electron chi connectivity index (χ2n) is 3.01. The average Bonchev–Trinajstić information content (AvgIpc) is 2.66. The van der Waals surface area contributed by atoms with E-state index in [1.165, 1.54) is 0 Å². The molecule has 2 aromatic rings. The Bertz CT molecular complexity index is 601. The third-order valence-corrected chi connectivity index (χ3v) is 2.08. The highest BCUT2D eigenvalue weighted by Gasteiger charge is 2.19. The fraction of sp³-hybridized carbons (Fsp3) is 0. The molecular formula is C11H6N4O. The van der Waals surface area contributed by atoms with Gasteiger partial charge in [-0.1, -0.05) is 0 Å². The van der Waals surface area contributed by atoms with Crippen LogP contribution >= 0.6 is 0 Å². The molecule has 0 saturated carbocycles. The molecule has 0 fully saturated rings. The van der Waals surface area contributed by atoms with Crippen molar-refractivity contribution >= 4 is 5.88 Å². The van der Waals surface area contributed by atoms with Gasteiger partial charge < -0.3 is 10.2 Å². The topological polar surface area (TPSA) is 99.6 Å². The lowest BCUT2D eigenvalue weighted by Gasteiger charge is -1.94. The van der Waals surface area contributed by atoms with Gasteiger partial charge in [0.25, 0.3) is 0 Å². The van der Waals surface area contributed by atoms with Gasteiger partial charge in [0.15, 0.2) is 5.76 Å². The summed E-state index contributed by atoms with van der Waals surface area (Å²) < 4.78 is 5.21. The van der Waals surface area contributed by atoms with Crippen LogP contribution in [0.2, 0.25) is 0 Å². The van der Waals surface area contributed by atoms with Crippen molar-refractivity contribution in [3.05, 3.63) is 35.7 Å². The van der Waals surface area contributed by atoms with Gasteiger partial charge in [-0.05, 0) is 12.1 Å². The number of aromatic nitrogens is 1. The third kappa shape index (κ3) is 1.37. The fourth-order valence-electron chi connectivity index (χ4n) is 1.37. The summed E-state index contributed by atoms with van der Waals surface area (Å²) in [7, 11) is 0. The molecule has 0 aliphatic carbocycles. The van der Waals surface area contributed by atoms with Crippen molar-refractivity contribution in [2.45, 2.75) is 0 Å². The standard InChI is InChI=1S/C11H6N4O/c12-4-8-9(5-13)11(14)16-10(8)7-2-1-3-15-6-7/h1-3,6H,14H2. The zero-order chi connectivity index (χ0) is 11.5. The summed E-state index contributed by atoms with van der Waals surface area (Å²) in [6.45, 7) is 0. The third-order valence-electron chi connectivity index (χ3n) is 2.08. The van der Waals surface area contributed by atoms with Crippen LogP contribution in [0.15, 0.2) is 28.9 Å². The summed E-state index contributed by atoms with van der Waals surface area (Å²) >= 11 is 0. The van der Waals surface area contributed by atoms with Crippen LogP contribution < -0.4 is 5.73 Å². The number of furan rings is 1. The number of hydrogen-bond acceptors (Lipinski definition) is 5. The number of anilines is 1. The van der Waals surface area contributed by atoms with Crippen LogP contribution in [0, 0.1) is 22.7 Å². The smallest absolute Gasteiger partial charge is 0.210 e. The van der Waals surface area contributed by atoms with Crippen molar-refractivity contribution < 1.29 is 4.42 Å². The lowest BCUT2D eigenvalue weighted by Crippen LogP contribution is -1.85. The molecule has 0 aliphatic rings. The zero-order valence-electron chi connectivity index (χ0n) is 8.14. The molecule has 0 aliphatic heterocycles. The molecule has 0 saturated heterocycles. The van der Waals surface area contributed by atoms with E-state index >= 15 is 0 Å². The van der Waals surface area contributed by atoms with Gasteiger partial charge in [-0.3, -0.25) is 4.98 Å². The molecule has 5 nitrogen and oxygen atoms in total. The van der Waals surface area contributed by atoms with Crippen molar-refractivity contribution in [1.82, 2.24) is 4.98 Å². The van der Waals surface area contributed by atoms with Crippen LogP contribution in [0.25, 0.3) is 11.3 Å². The first kappa shape index (κ1) is 9.75. The highest BCUT2D eigenvalue weighted by atomic mass is 16.4. The Morgan fingerprint density at radius 2 is 2.00 bits per heavy atom. The quantitative estimate of drug-likeness (QED) is 0.771. The van der Waals surface area contributed by atoms with Crippen LogP contribution in [0.3, 0.4) is 0 Å². The van der Waals surface area contributed by atoms with Gasteiger partial charge >= 0.3 is 0 Å². The lowest BCUT2D eigenvalue weighted by atomic mass is 10.1. The number of nitrogens with zero attached hydrogens (tertiary/aromatic N) is 3. The molecule has 0 radical (unpaired) electrons. The van der Waals surface area contributed by atoms with Gasteiger partial charge in [-0.15, -0.1) is 0 Å². The van der Waals surface area contributed by atoms with Crippen molar-refractivity contribution in [3.63, 3.8) is 0 Å².